The molecule has 0 radical (unpaired) electrons. The molecule has 4 rings (SSSR count). The van der Waals surface area contributed by atoms with Gasteiger partial charge < -0.3 is 4.57 Å². The van der Waals surface area contributed by atoms with Gasteiger partial charge in [-0.15, -0.1) is 0 Å². The summed E-state index contributed by atoms with van der Waals surface area (Å²) in [6.45, 7) is 3.00. The Hall–Kier alpha value is -2.63. The third kappa shape index (κ3) is 4.42. The van der Waals surface area contributed by atoms with Gasteiger partial charge in [-0.25, -0.2) is 0 Å². The summed E-state index contributed by atoms with van der Waals surface area (Å²) in [6.07, 6.45) is 3.10. The van der Waals surface area contributed by atoms with Gasteiger partial charge in [-0.05, 0) is 53.6 Å². The highest BCUT2D eigenvalue weighted by Gasteiger charge is 2.10. The third-order valence-electron chi connectivity index (χ3n) is 5.11. The number of benzene rings is 3. The van der Waals surface area contributed by atoms with E-state index < -0.39 is 0 Å². The normalized spacial score (nSPS) is 11.9. The molecule has 0 bridgehead atoms. The van der Waals surface area contributed by atoms with Gasteiger partial charge in [0.1, 0.15) is 0 Å². The van der Waals surface area contributed by atoms with Crippen molar-refractivity contribution in [2.24, 2.45) is 4.99 Å². The van der Waals surface area contributed by atoms with E-state index in [1.54, 1.807) is 23.1 Å². The van der Waals surface area contributed by atoms with Gasteiger partial charge in [0.15, 0.2) is 4.80 Å². The van der Waals surface area contributed by atoms with Crippen LogP contribution < -0.4 is 4.80 Å². The minimum Gasteiger partial charge on any atom is -0.316 e. The first-order valence-electron chi connectivity index (χ1n) is 10.1. The van der Waals surface area contributed by atoms with Crippen molar-refractivity contribution in [3.63, 3.8) is 0 Å². The van der Waals surface area contributed by atoms with Crippen molar-refractivity contribution in [2.45, 2.75) is 19.9 Å². The minimum atomic E-state index is -0.199. The van der Waals surface area contributed by atoms with Crippen LogP contribution in [0.1, 0.15) is 22.8 Å². The van der Waals surface area contributed by atoms with Crippen LogP contribution in [0.15, 0.2) is 77.8 Å². The molecule has 1 amide bonds. The maximum atomic E-state index is 12.9. The van der Waals surface area contributed by atoms with E-state index in [9.17, 15) is 4.79 Å². The van der Waals surface area contributed by atoms with E-state index in [0.29, 0.717) is 5.56 Å². The highest BCUT2D eigenvalue weighted by molar-refractivity contribution is 7.98. The molecule has 0 N–H and O–H groups in total. The molecule has 0 unspecified atom stereocenters. The summed E-state index contributed by atoms with van der Waals surface area (Å²) < 4.78 is 3.35. The van der Waals surface area contributed by atoms with Gasteiger partial charge in [0.2, 0.25) is 0 Å². The Labute approximate surface area is 185 Å². The number of nitrogens with zero attached hydrogens (tertiary/aromatic N) is 2. The Morgan fingerprint density at radius 2 is 1.73 bits per heavy atom. The lowest BCUT2D eigenvalue weighted by Gasteiger charge is -2.05. The molecule has 1 heterocycles. The first-order valence-corrected chi connectivity index (χ1v) is 12.3. The Bertz CT molecular complexity index is 1220. The lowest BCUT2D eigenvalue weighted by atomic mass is 10.0. The van der Waals surface area contributed by atoms with Crippen molar-refractivity contribution < 1.29 is 4.79 Å². The molecule has 5 heteroatoms. The van der Waals surface area contributed by atoms with Crippen molar-refractivity contribution >= 4 is 39.2 Å². The number of fused-ring (bicyclic) bond motifs is 1. The topological polar surface area (TPSA) is 34.4 Å². The zero-order chi connectivity index (χ0) is 20.9. The van der Waals surface area contributed by atoms with Crippen molar-refractivity contribution in [1.29, 1.82) is 0 Å². The van der Waals surface area contributed by atoms with E-state index in [2.05, 4.69) is 53.1 Å². The summed E-state index contributed by atoms with van der Waals surface area (Å²) >= 11 is 3.39. The molecule has 0 saturated heterocycles. The quantitative estimate of drug-likeness (QED) is 0.372. The molecule has 152 valence electrons. The Morgan fingerprint density at radius 3 is 2.43 bits per heavy atom. The molecule has 0 aliphatic rings. The van der Waals surface area contributed by atoms with Crippen molar-refractivity contribution in [2.75, 3.05) is 12.0 Å². The maximum absolute atomic E-state index is 12.9. The largest absolute Gasteiger partial charge is 0.316 e. The Kier molecular flexibility index (Phi) is 6.50. The number of amides is 1. The molecular weight excluding hydrogens is 408 g/mol. The number of aryl methyl sites for hydroxylation is 2. The van der Waals surface area contributed by atoms with Crippen LogP contribution in [0.25, 0.3) is 21.3 Å². The van der Waals surface area contributed by atoms with Crippen molar-refractivity contribution in [1.82, 2.24) is 4.57 Å². The average Bonchev–Trinajstić information content (AvgIpc) is 3.14. The molecule has 4 aromatic rings. The molecule has 30 heavy (non-hydrogen) atoms. The Morgan fingerprint density at radius 1 is 1.00 bits per heavy atom. The van der Waals surface area contributed by atoms with E-state index in [4.69, 9.17) is 0 Å². The molecule has 0 fully saturated rings. The van der Waals surface area contributed by atoms with Crippen molar-refractivity contribution in [3.05, 3.63) is 88.7 Å². The van der Waals surface area contributed by atoms with Crippen LogP contribution in [0.3, 0.4) is 0 Å². The number of thiazole rings is 1. The first-order chi connectivity index (χ1) is 14.7. The summed E-state index contributed by atoms with van der Waals surface area (Å²) in [7, 11) is 0. The van der Waals surface area contributed by atoms with Crippen molar-refractivity contribution in [3.8, 4) is 11.1 Å². The van der Waals surface area contributed by atoms with Crippen LogP contribution in [-0.2, 0) is 13.0 Å². The molecule has 3 nitrogen and oxygen atoms in total. The van der Waals surface area contributed by atoms with Gasteiger partial charge in [0.05, 0.1) is 10.2 Å². The number of carbonyl (C=O) groups is 1. The highest BCUT2D eigenvalue weighted by Crippen LogP contribution is 2.21. The van der Waals surface area contributed by atoms with Gasteiger partial charge in [-0.3, -0.25) is 4.79 Å². The predicted molar refractivity (Wildman–Crippen MR) is 129 cm³/mol. The summed E-state index contributed by atoms with van der Waals surface area (Å²) in [6, 6.07) is 24.4. The molecular formula is C25H24N2OS2. The second-order valence-electron chi connectivity index (χ2n) is 7.05. The molecule has 0 saturated carbocycles. The van der Waals surface area contributed by atoms with Crippen LogP contribution in [0, 0.1) is 0 Å². The minimum absolute atomic E-state index is 0.199. The van der Waals surface area contributed by atoms with E-state index >= 15 is 0 Å². The number of carbonyl (C=O) groups excluding carboxylic acids is 1. The standard InChI is InChI=1S/C25H24N2OS2/c1-3-18-9-14-22-23(17-18)30-25(27(22)15-16-29-2)26-24(28)21-12-10-20(11-13-21)19-7-5-4-6-8-19/h4-14,17H,3,15-16H2,1-2H3. The zero-order valence-corrected chi connectivity index (χ0v) is 18.8. The highest BCUT2D eigenvalue weighted by atomic mass is 32.2. The van der Waals surface area contributed by atoms with E-state index in [1.165, 1.54) is 10.3 Å². The maximum Gasteiger partial charge on any atom is 0.279 e. The van der Waals surface area contributed by atoms with Gasteiger partial charge >= 0.3 is 0 Å². The second-order valence-corrected chi connectivity index (χ2v) is 9.04. The van der Waals surface area contributed by atoms with Gasteiger partial charge in [-0.2, -0.15) is 16.8 Å². The number of hydrogen-bond donors (Lipinski definition) is 0. The zero-order valence-electron chi connectivity index (χ0n) is 17.2. The third-order valence-corrected chi connectivity index (χ3v) is 6.74. The molecule has 3 aromatic carbocycles. The summed E-state index contributed by atoms with van der Waals surface area (Å²) in [4.78, 5) is 18.2. The average molecular weight is 433 g/mol. The van der Waals surface area contributed by atoms with E-state index in [1.807, 2.05) is 42.5 Å². The monoisotopic (exact) mass is 432 g/mol. The molecule has 0 spiro atoms. The number of thioether (sulfide) groups is 1. The van der Waals surface area contributed by atoms with Crippen LogP contribution in [-0.4, -0.2) is 22.5 Å². The lowest BCUT2D eigenvalue weighted by molar-refractivity contribution is 0.0998. The first kappa shape index (κ1) is 20.6. The lowest BCUT2D eigenvalue weighted by Crippen LogP contribution is -2.18. The second kappa shape index (κ2) is 9.45. The fourth-order valence-electron chi connectivity index (χ4n) is 3.41. The van der Waals surface area contributed by atoms with Gasteiger partial charge in [0.25, 0.3) is 5.91 Å². The van der Waals surface area contributed by atoms with Gasteiger partial charge in [-0.1, -0.05) is 66.8 Å². The summed E-state index contributed by atoms with van der Waals surface area (Å²) in [5, 5.41) is 0. The number of hydrogen-bond acceptors (Lipinski definition) is 3. The predicted octanol–water partition coefficient (Wildman–Crippen LogP) is 6.04. The Balaban J connectivity index is 1.70. The van der Waals surface area contributed by atoms with E-state index in [-0.39, 0.29) is 5.91 Å². The smallest absolute Gasteiger partial charge is 0.279 e. The number of rotatable bonds is 6. The number of aromatic nitrogens is 1. The fraction of sp³-hybridized carbons (Fsp3) is 0.200. The summed E-state index contributed by atoms with van der Waals surface area (Å²) in [5.41, 5.74) is 5.29. The SMILES string of the molecule is CCc1ccc2c(c1)sc(=NC(=O)c1ccc(-c3ccccc3)cc1)n2CCSC. The summed E-state index contributed by atoms with van der Waals surface area (Å²) in [5.74, 6) is 0.781. The van der Waals surface area contributed by atoms with E-state index in [0.717, 1.165) is 40.2 Å². The van der Waals surface area contributed by atoms with Gasteiger partial charge in [0, 0.05) is 17.9 Å². The van der Waals surface area contributed by atoms with Crippen LogP contribution in [0.2, 0.25) is 0 Å². The van der Waals surface area contributed by atoms with Crippen LogP contribution >= 0.6 is 23.1 Å². The molecule has 0 atom stereocenters. The molecule has 0 aliphatic heterocycles. The molecule has 0 aliphatic carbocycles. The van der Waals surface area contributed by atoms with Crippen LogP contribution in [0.4, 0.5) is 0 Å². The fourth-order valence-corrected chi connectivity index (χ4v) is 4.89. The van der Waals surface area contributed by atoms with Crippen LogP contribution in [0.5, 0.6) is 0 Å². The molecule has 1 aromatic heterocycles.